The Kier molecular flexibility index (Phi) is 5.50. The van der Waals surface area contributed by atoms with Gasteiger partial charge in [-0.25, -0.2) is 13.8 Å². The van der Waals surface area contributed by atoms with E-state index in [0.717, 1.165) is 33.0 Å². The standard InChI is InChI=1S/C37H22F2N2O/c38-30-20-26(24-12-5-2-6-13-24)21-31(39)35(30)41-33-17-8-7-16-32(33)40-37(41)29-15-9-14-28-27-19-18-25(22-34(27)42-36(28)29)23-10-3-1-4-11-23/h1-22H. The first-order valence-electron chi connectivity index (χ1n) is 13.7. The van der Waals surface area contributed by atoms with Gasteiger partial charge in [0, 0.05) is 10.8 Å². The van der Waals surface area contributed by atoms with E-state index in [1.165, 1.54) is 12.1 Å². The maximum absolute atomic E-state index is 16.0. The molecular weight excluding hydrogens is 526 g/mol. The van der Waals surface area contributed by atoms with E-state index in [1.807, 2.05) is 97.1 Å². The normalized spacial score (nSPS) is 11.6. The second-order valence-corrected chi connectivity index (χ2v) is 10.3. The zero-order valence-electron chi connectivity index (χ0n) is 22.3. The number of aromatic nitrogens is 2. The number of hydrogen-bond donors (Lipinski definition) is 0. The van der Waals surface area contributed by atoms with Crippen LogP contribution < -0.4 is 0 Å². The minimum Gasteiger partial charge on any atom is -0.455 e. The van der Waals surface area contributed by atoms with E-state index in [4.69, 9.17) is 9.40 Å². The van der Waals surface area contributed by atoms with Gasteiger partial charge in [-0.05, 0) is 64.7 Å². The molecule has 0 saturated carbocycles. The van der Waals surface area contributed by atoms with Crippen LogP contribution in [0.1, 0.15) is 0 Å². The molecule has 200 valence electrons. The Morgan fingerprint density at radius 1 is 0.548 bits per heavy atom. The quantitative estimate of drug-likeness (QED) is 0.219. The summed E-state index contributed by atoms with van der Waals surface area (Å²) in [6, 6.07) is 41.4. The molecule has 0 aliphatic carbocycles. The number of hydrogen-bond acceptors (Lipinski definition) is 2. The Balaban J connectivity index is 1.36. The summed E-state index contributed by atoms with van der Waals surface area (Å²) >= 11 is 0. The number of rotatable bonds is 4. The fourth-order valence-corrected chi connectivity index (χ4v) is 5.79. The number of fused-ring (bicyclic) bond motifs is 4. The van der Waals surface area contributed by atoms with Crippen LogP contribution in [0.2, 0.25) is 0 Å². The Hall–Kier alpha value is -5.55. The average molecular weight is 549 g/mol. The number of benzene rings is 6. The van der Waals surface area contributed by atoms with Crippen LogP contribution in [-0.4, -0.2) is 9.55 Å². The third-order valence-corrected chi connectivity index (χ3v) is 7.76. The molecule has 42 heavy (non-hydrogen) atoms. The zero-order valence-corrected chi connectivity index (χ0v) is 22.3. The van der Waals surface area contributed by atoms with Crippen LogP contribution >= 0.6 is 0 Å². The van der Waals surface area contributed by atoms with Crippen molar-refractivity contribution in [2.75, 3.05) is 0 Å². The maximum Gasteiger partial charge on any atom is 0.150 e. The number of furan rings is 1. The minimum absolute atomic E-state index is 0.183. The van der Waals surface area contributed by atoms with Gasteiger partial charge in [0.25, 0.3) is 0 Å². The summed E-state index contributed by atoms with van der Waals surface area (Å²) in [5.41, 5.74) is 6.35. The average Bonchev–Trinajstić information content (AvgIpc) is 3.60. The highest BCUT2D eigenvalue weighted by Gasteiger charge is 2.24. The van der Waals surface area contributed by atoms with Crippen LogP contribution in [0, 0.1) is 11.6 Å². The summed E-state index contributed by atoms with van der Waals surface area (Å²) in [6.07, 6.45) is 0. The highest BCUT2D eigenvalue weighted by atomic mass is 19.1. The fourth-order valence-electron chi connectivity index (χ4n) is 5.79. The van der Waals surface area contributed by atoms with Crippen LogP contribution in [0.4, 0.5) is 8.78 Å². The molecular formula is C37H22F2N2O. The molecule has 0 fully saturated rings. The monoisotopic (exact) mass is 548 g/mol. The molecule has 0 amide bonds. The van der Waals surface area contributed by atoms with E-state index in [0.29, 0.717) is 33.6 Å². The first-order valence-corrected chi connectivity index (χ1v) is 13.7. The van der Waals surface area contributed by atoms with Crippen molar-refractivity contribution in [3.05, 3.63) is 145 Å². The molecule has 0 atom stereocenters. The number of para-hydroxylation sites is 3. The minimum atomic E-state index is -0.678. The van der Waals surface area contributed by atoms with Gasteiger partial charge in [-0.1, -0.05) is 91.0 Å². The number of halogens is 2. The van der Waals surface area contributed by atoms with Gasteiger partial charge in [0.05, 0.1) is 16.6 Å². The van der Waals surface area contributed by atoms with Crippen molar-refractivity contribution in [3.8, 4) is 39.3 Å². The molecule has 0 saturated heterocycles. The lowest BCUT2D eigenvalue weighted by Gasteiger charge is -2.14. The highest BCUT2D eigenvalue weighted by molar-refractivity contribution is 6.10. The Morgan fingerprint density at radius 2 is 1.21 bits per heavy atom. The molecule has 0 N–H and O–H groups in total. The smallest absolute Gasteiger partial charge is 0.150 e. The van der Waals surface area contributed by atoms with Gasteiger partial charge in [0.1, 0.15) is 22.7 Å². The van der Waals surface area contributed by atoms with Gasteiger partial charge in [-0.2, -0.15) is 0 Å². The zero-order chi connectivity index (χ0) is 28.2. The van der Waals surface area contributed by atoms with E-state index in [1.54, 1.807) is 4.57 Å². The molecule has 6 aromatic carbocycles. The van der Waals surface area contributed by atoms with Crippen molar-refractivity contribution in [1.29, 1.82) is 0 Å². The lowest BCUT2D eigenvalue weighted by atomic mass is 10.0. The molecule has 0 aliphatic rings. The molecule has 3 nitrogen and oxygen atoms in total. The van der Waals surface area contributed by atoms with Crippen molar-refractivity contribution >= 4 is 33.0 Å². The van der Waals surface area contributed by atoms with Gasteiger partial charge in [0.15, 0.2) is 11.6 Å². The Bertz CT molecular complexity index is 2240. The molecule has 0 aliphatic heterocycles. The van der Waals surface area contributed by atoms with Gasteiger partial charge in [-0.3, -0.25) is 4.57 Å². The molecule has 0 radical (unpaired) electrons. The van der Waals surface area contributed by atoms with Gasteiger partial charge < -0.3 is 4.42 Å². The van der Waals surface area contributed by atoms with Crippen LogP contribution in [0.3, 0.4) is 0 Å². The Labute approximate surface area is 239 Å². The second-order valence-electron chi connectivity index (χ2n) is 10.3. The largest absolute Gasteiger partial charge is 0.455 e. The van der Waals surface area contributed by atoms with Crippen molar-refractivity contribution in [3.63, 3.8) is 0 Å². The van der Waals surface area contributed by atoms with E-state index >= 15 is 8.78 Å². The third-order valence-electron chi connectivity index (χ3n) is 7.76. The van der Waals surface area contributed by atoms with Crippen molar-refractivity contribution in [1.82, 2.24) is 9.55 Å². The van der Waals surface area contributed by atoms with E-state index in [9.17, 15) is 0 Å². The Morgan fingerprint density at radius 3 is 1.95 bits per heavy atom. The molecule has 8 rings (SSSR count). The molecule has 5 heteroatoms. The number of imidazole rings is 1. The van der Waals surface area contributed by atoms with E-state index in [2.05, 4.69) is 24.3 Å². The van der Waals surface area contributed by atoms with Crippen molar-refractivity contribution < 1.29 is 13.2 Å². The predicted molar refractivity (Wildman–Crippen MR) is 165 cm³/mol. The maximum atomic E-state index is 16.0. The molecule has 0 bridgehead atoms. The molecule has 2 heterocycles. The molecule has 8 aromatic rings. The molecule has 2 aromatic heterocycles. The first kappa shape index (κ1) is 24.3. The first-order chi connectivity index (χ1) is 20.7. The summed E-state index contributed by atoms with van der Waals surface area (Å²) in [5, 5.41) is 1.86. The topological polar surface area (TPSA) is 31.0 Å². The second kappa shape index (κ2) is 9.53. The van der Waals surface area contributed by atoms with Crippen LogP contribution in [0.5, 0.6) is 0 Å². The lowest BCUT2D eigenvalue weighted by molar-refractivity contribution is 0.572. The summed E-state index contributed by atoms with van der Waals surface area (Å²) in [4.78, 5) is 4.88. The summed E-state index contributed by atoms with van der Waals surface area (Å²) in [6.45, 7) is 0. The number of nitrogens with zero attached hydrogens (tertiary/aromatic N) is 2. The van der Waals surface area contributed by atoms with E-state index < -0.39 is 11.6 Å². The summed E-state index contributed by atoms with van der Waals surface area (Å²) < 4.78 is 40.0. The van der Waals surface area contributed by atoms with Gasteiger partial charge in [-0.15, -0.1) is 0 Å². The van der Waals surface area contributed by atoms with Crippen LogP contribution in [0.15, 0.2) is 138 Å². The molecule has 0 spiro atoms. The molecule has 0 unspecified atom stereocenters. The summed E-state index contributed by atoms with van der Waals surface area (Å²) in [5.74, 6) is -0.959. The predicted octanol–water partition coefficient (Wildman–Crippen LogP) is 10.2. The van der Waals surface area contributed by atoms with Crippen LogP contribution in [-0.2, 0) is 0 Å². The third kappa shape index (κ3) is 3.82. The van der Waals surface area contributed by atoms with Crippen LogP contribution in [0.25, 0.3) is 72.3 Å². The summed E-state index contributed by atoms with van der Waals surface area (Å²) in [7, 11) is 0. The van der Waals surface area contributed by atoms with Crippen molar-refractivity contribution in [2.24, 2.45) is 0 Å². The fraction of sp³-hybridized carbons (Fsp3) is 0. The highest BCUT2D eigenvalue weighted by Crippen LogP contribution is 2.40. The van der Waals surface area contributed by atoms with Crippen molar-refractivity contribution in [2.45, 2.75) is 0 Å². The van der Waals surface area contributed by atoms with Gasteiger partial charge >= 0.3 is 0 Å². The lowest BCUT2D eigenvalue weighted by Crippen LogP contribution is -2.04. The SMILES string of the molecule is Fc1cc(-c2ccccc2)cc(F)c1-n1c(-c2cccc3c2oc2cc(-c4ccccc4)ccc23)nc2ccccc21. The van der Waals surface area contributed by atoms with E-state index in [-0.39, 0.29) is 5.69 Å². The van der Waals surface area contributed by atoms with Gasteiger partial charge in [0.2, 0.25) is 0 Å².